The number of hydrogen-bond donors (Lipinski definition) is 2. The van der Waals surface area contributed by atoms with E-state index in [0.29, 0.717) is 57.4 Å². The Labute approximate surface area is 532 Å². The quantitative estimate of drug-likeness (QED) is 0.0744. The third kappa shape index (κ3) is 12.2. The molecule has 4 aromatic rings. The average molecular weight is 1250 g/mol. The van der Waals surface area contributed by atoms with Crippen LogP contribution in [0.5, 0.6) is 0 Å². The van der Waals surface area contributed by atoms with E-state index in [4.69, 9.17) is 19.5 Å². The largest absolute Gasteiger partial charge is 0.593 e. The number of methoxy groups -OCH3 is 1. The Morgan fingerprint density at radius 2 is 1.71 bits per heavy atom. The number of cyclic esters (lactones) is 1. The number of amides is 3. The van der Waals surface area contributed by atoms with Gasteiger partial charge in [0.25, 0.3) is 5.91 Å². The van der Waals surface area contributed by atoms with Crippen molar-refractivity contribution < 1.29 is 33.2 Å². The van der Waals surface area contributed by atoms with Crippen molar-refractivity contribution in [1.82, 2.24) is 49.2 Å². The number of aromatic nitrogens is 2. The Balaban J connectivity index is 0.745. The number of carbonyl (C=O) groups excluding carboxylic acids is 4. The van der Waals surface area contributed by atoms with Gasteiger partial charge in [0, 0.05) is 122 Å². The first-order valence-corrected chi connectivity index (χ1v) is 35.8. The maximum absolute atomic E-state index is 15.5. The van der Waals surface area contributed by atoms with Crippen LogP contribution in [-0.2, 0) is 59.4 Å². The van der Waals surface area contributed by atoms with E-state index < -0.39 is 40.9 Å². The number of aryl methyl sites for hydroxylation is 2. The second-order valence-electron chi connectivity index (χ2n) is 28.8. The molecule has 8 aliphatic heterocycles. The Morgan fingerprint density at radius 3 is 2.49 bits per heavy atom. The zero-order valence-electron chi connectivity index (χ0n) is 53.3. The molecular formula is C69H93N11O7S2. The standard InChI is InChI=1S/C69H93N11O7S2/c1-7-78-57-24-21-47-33-51(57)53(62(78)52-34-49(37-70-59(52)44(3)86-6)75-32-31-74-27-11-10-15-48(74)38-75)36-68(4,5)42-87-67(84)54-16-12-28-79(73-54)65(82)55(35-58-71-56(47)39-88-58)72-64(81)61(45-13-8-9-14-45)76-29-25-69(40-76)26-30-77(41-69)66(83)63-60(46-19-20-46)80(63)89(85)50-22-17-43(2)18-23-50/h17-18,21-24,33,37,39,44-46,48-49,54-55,60-61,63,73H,7-16,19-20,25-32,34-36,38,40-42H2,1-6H3,(H,72,81)/t44-,48+,49?,54-,55-,60+,61-,63+,69-,80?,89?/m0/s1. The maximum Gasteiger partial charge on any atom is 0.324 e. The fourth-order valence-electron chi connectivity index (χ4n) is 17.0. The van der Waals surface area contributed by atoms with Gasteiger partial charge >= 0.3 is 5.97 Å². The van der Waals surface area contributed by atoms with Crippen LogP contribution in [0.2, 0.25) is 0 Å². The average Bonchev–Trinajstić information content (AvgIpc) is 1.60. The van der Waals surface area contributed by atoms with E-state index in [9.17, 15) is 14.1 Å². The first-order chi connectivity index (χ1) is 43.1. The van der Waals surface area contributed by atoms with E-state index in [2.05, 4.69) is 87.5 Å². The summed E-state index contributed by atoms with van der Waals surface area (Å²) in [5.74, 6) is -0.231. The third-order valence-corrected chi connectivity index (χ3v) is 24.5. The molecule has 6 saturated heterocycles. The van der Waals surface area contributed by atoms with Crippen molar-refractivity contribution in [2.45, 2.75) is 197 Å². The van der Waals surface area contributed by atoms with Gasteiger partial charge in [-0.1, -0.05) is 56.9 Å². The monoisotopic (exact) mass is 1250 g/mol. The summed E-state index contributed by atoms with van der Waals surface area (Å²) in [7, 11) is 1.77. The van der Waals surface area contributed by atoms with Crippen molar-refractivity contribution >= 4 is 69.1 Å². The van der Waals surface area contributed by atoms with Crippen molar-refractivity contribution in [3.8, 4) is 11.3 Å². The molecule has 0 radical (unpaired) electrons. The lowest BCUT2D eigenvalue weighted by Crippen LogP contribution is -2.62. The lowest BCUT2D eigenvalue weighted by Gasteiger charge is -2.46. The summed E-state index contributed by atoms with van der Waals surface area (Å²) in [6, 6.07) is 12.7. The van der Waals surface area contributed by atoms with E-state index in [1.54, 1.807) is 12.1 Å². The number of rotatable bonds is 13. The number of carbonyl (C=O) groups is 4. The van der Waals surface area contributed by atoms with E-state index in [-0.39, 0.29) is 66.3 Å². The molecule has 18 nitrogen and oxygen atoms in total. The molecular weight excluding hydrogens is 1160 g/mol. The predicted molar refractivity (Wildman–Crippen MR) is 347 cm³/mol. The van der Waals surface area contributed by atoms with Gasteiger partial charge in [0.1, 0.15) is 12.1 Å². The number of esters is 1. The molecule has 89 heavy (non-hydrogen) atoms. The first kappa shape index (κ1) is 61.5. The summed E-state index contributed by atoms with van der Waals surface area (Å²) in [4.78, 5) is 80.8. The molecule has 2 aliphatic carbocycles. The normalized spacial score (nSPS) is 30.8. The van der Waals surface area contributed by atoms with Crippen LogP contribution < -0.4 is 10.7 Å². The number of nitrogens with one attached hydrogen (secondary N) is 2. The minimum atomic E-state index is -1.40. The highest BCUT2D eigenvalue weighted by molar-refractivity contribution is 7.89. The fourth-order valence-corrected chi connectivity index (χ4v) is 19.3. The molecule has 10 heterocycles. The summed E-state index contributed by atoms with van der Waals surface area (Å²) in [5, 5.41) is 8.87. The molecule has 20 heteroatoms. The summed E-state index contributed by atoms with van der Waals surface area (Å²) >= 11 is 0.104. The number of aliphatic imine (C=N–C) groups is 1. The van der Waals surface area contributed by atoms with Crippen LogP contribution in [-0.4, -0.2) is 194 Å². The van der Waals surface area contributed by atoms with Crippen molar-refractivity contribution in [3.05, 3.63) is 75.4 Å². The lowest BCUT2D eigenvalue weighted by molar-refractivity contribution is -0.155. The number of piperazine rings is 1. The molecule has 10 aliphatic rings. The molecule has 3 amide bonds. The fraction of sp³-hybridized carbons (Fsp3) is 0.652. The van der Waals surface area contributed by atoms with Gasteiger partial charge in [-0.15, -0.1) is 15.6 Å². The number of ether oxygens (including phenoxy) is 2. The Morgan fingerprint density at radius 1 is 0.921 bits per heavy atom. The van der Waals surface area contributed by atoms with Gasteiger partial charge in [0.2, 0.25) is 11.8 Å². The Kier molecular flexibility index (Phi) is 17.4. The molecule has 478 valence electrons. The zero-order valence-corrected chi connectivity index (χ0v) is 54.9. The number of piperidine rings is 1. The topological polar surface area (TPSA) is 183 Å². The number of fused-ring (bicyclic) bond motifs is 7. The summed E-state index contributed by atoms with van der Waals surface area (Å²) in [6.07, 6.45) is 16.3. The van der Waals surface area contributed by atoms with Crippen LogP contribution in [0.15, 0.2) is 63.4 Å². The first-order valence-electron chi connectivity index (χ1n) is 33.8. The molecule has 2 aromatic carbocycles. The highest BCUT2D eigenvalue weighted by Gasteiger charge is 2.67. The van der Waals surface area contributed by atoms with Gasteiger partial charge in [-0.3, -0.25) is 43.9 Å². The number of nitrogens with zero attached hydrogens (tertiary/aromatic N) is 9. The van der Waals surface area contributed by atoms with E-state index in [1.165, 1.54) is 54.0 Å². The summed E-state index contributed by atoms with van der Waals surface area (Å²) in [5.41, 5.74) is 11.2. The van der Waals surface area contributed by atoms with Crippen LogP contribution in [0.25, 0.3) is 27.7 Å². The van der Waals surface area contributed by atoms with Crippen LogP contribution in [0.4, 0.5) is 0 Å². The highest BCUT2D eigenvalue weighted by atomic mass is 32.2. The smallest absolute Gasteiger partial charge is 0.324 e. The summed E-state index contributed by atoms with van der Waals surface area (Å²) in [6.45, 7) is 19.0. The van der Waals surface area contributed by atoms with E-state index >= 15 is 9.59 Å². The second kappa shape index (κ2) is 25.1. The van der Waals surface area contributed by atoms with E-state index in [1.807, 2.05) is 40.4 Å². The molecule has 11 atom stereocenters. The molecule has 2 N–H and O–H groups in total. The van der Waals surface area contributed by atoms with Gasteiger partial charge < -0.3 is 28.8 Å². The minimum Gasteiger partial charge on any atom is -0.593 e. The van der Waals surface area contributed by atoms with Crippen LogP contribution in [0.3, 0.4) is 0 Å². The maximum atomic E-state index is 15.5. The lowest BCUT2D eigenvalue weighted by atomic mass is 9.83. The molecule has 14 rings (SSSR count). The molecule has 2 aromatic heterocycles. The molecule has 6 bridgehead atoms. The molecule has 3 unspecified atom stereocenters. The minimum absolute atomic E-state index is 0.0114. The summed E-state index contributed by atoms with van der Waals surface area (Å²) < 4.78 is 30.9. The van der Waals surface area contributed by atoms with Gasteiger partial charge in [0.05, 0.1) is 58.2 Å². The van der Waals surface area contributed by atoms with Gasteiger partial charge in [0.15, 0.2) is 10.9 Å². The second-order valence-corrected chi connectivity index (χ2v) is 31.2. The number of hydrazine groups is 1. The van der Waals surface area contributed by atoms with Gasteiger partial charge in [-0.2, -0.15) is 0 Å². The third-order valence-electron chi connectivity index (χ3n) is 22.1. The predicted octanol–water partition coefficient (Wildman–Crippen LogP) is 8.17. The highest BCUT2D eigenvalue weighted by Crippen LogP contribution is 2.52. The van der Waals surface area contributed by atoms with Crippen molar-refractivity contribution in [2.24, 2.45) is 27.7 Å². The van der Waals surface area contributed by atoms with E-state index in [0.717, 1.165) is 134 Å². The van der Waals surface area contributed by atoms with Crippen LogP contribution in [0, 0.1) is 29.6 Å². The number of thiazole rings is 1. The van der Waals surface area contributed by atoms with Crippen molar-refractivity contribution in [3.63, 3.8) is 0 Å². The Hall–Kier alpha value is -5.03. The SMILES string of the molecule is CCn1c(C2=C([C@H](C)OC)N=CC(N3CCN4CCCC[C@@H]4C3)C2)c2c3cc(ccc31)-c1csc(n1)C[C@H](NC(=O)[C@H](C1CCCC1)N1CC[C@]3(CCN(C(=O)[C@H]4[C@@H](C5CC5)N4[S+]([O-])c4ccc(C)cc4)C3)C1)C(=O)N1CCC[C@H](N1)C(=O)OCC(C)(C)C2. The number of hydrogen-bond acceptors (Lipinski definition) is 15. The van der Waals surface area contributed by atoms with Crippen LogP contribution >= 0.6 is 11.3 Å². The zero-order chi connectivity index (χ0) is 61.5. The number of benzene rings is 2. The van der Waals surface area contributed by atoms with Crippen LogP contribution in [0.1, 0.15) is 139 Å². The van der Waals surface area contributed by atoms with Gasteiger partial charge in [-0.05, 0) is 153 Å². The van der Waals surface area contributed by atoms with Crippen molar-refractivity contribution in [2.75, 3.05) is 72.6 Å². The molecule has 8 fully saturated rings. The Bertz CT molecular complexity index is 3390. The van der Waals surface area contributed by atoms with Gasteiger partial charge in [-0.25, -0.2) is 10.4 Å². The molecule has 2 saturated carbocycles. The number of likely N-dealkylation sites (tertiary alicyclic amines) is 2. The van der Waals surface area contributed by atoms with Crippen molar-refractivity contribution in [1.29, 1.82) is 0 Å². The molecule has 1 spiro atoms.